The molecule has 0 aliphatic heterocycles. The number of nitrogens with two attached hydrogens (primary N) is 1. The number of aromatic nitrogens is 3. The van der Waals surface area contributed by atoms with Crippen LogP contribution in [0.15, 0.2) is 36.8 Å². The maximum Gasteiger partial charge on any atom is 0.360 e. The highest BCUT2D eigenvalue weighted by atomic mass is 16.5. The summed E-state index contributed by atoms with van der Waals surface area (Å²) in [5.41, 5.74) is 7.44. The molecule has 0 aliphatic rings. The number of aryl methyl sites for hydroxylation is 3. The van der Waals surface area contributed by atoms with E-state index in [0.29, 0.717) is 17.1 Å². The molecule has 10 heteroatoms. The molecule has 0 atom stereocenters. The molecule has 3 rings (SSSR count). The van der Waals surface area contributed by atoms with Gasteiger partial charge in [-0.3, -0.25) is 4.79 Å². The van der Waals surface area contributed by atoms with Crippen LogP contribution in [0.5, 0.6) is 5.75 Å². The van der Waals surface area contributed by atoms with Gasteiger partial charge in [0.2, 0.25) is 0 Å². The summed E-state index contributed by atoms with van der Waals surface area (Å²) in [6.45, 7) is 0. The summed E-state index contributed by atoms with van der Waals surface area (Å²) in [6, 6.07) is 4.47. The van der Waals surface area contributed by atoms with E-state index < -0.39 is 11.9 Å². The Morgan fingerprint density at radius 3 is 2.10 bits per heavy atom. The van der Waals surface area contributed by atoms with Gasteiger partial charge in [-0.15, -0.1) is 0 Å². The Labute approximate surface area is 166 Å². The van der Waals surface area contributed by atoms with E-state index in [9.17, 15) is 14.4 Å². The Balaban J connectivity index is 1.74. The molecule has 0 saturated heterocycles. The van der Waals surface area contributed by atoms with E-state index in [2.05, 4.69) is 10.1 Å². The van der Waals surface area contributed by atoms with Gasteiger partial charge in [-0.05, 0) is 12.1 Å². The third-order valence-electron chi connectivity index (χ3n) is 4.32. The van der Waals surface area contributed by atoms with Gasteiger partial charge in [0.05, 0.1) is 18.5 Å². The standard InChI is InChI=1S/C19H21N5O5/c1-22-8-11(20)5-14(22)17(25)21-12-6-15(23(2)9-12)19(27)29-13-7-16(18(26)28-4)24(3)10-13/h5-10H,20H2,1-4H3,(H,21,25). The van der Waals surface area contributed by atoms with Crippen molar-refractivity contribution in [3.63, 3.8) is 0 Å². The lowest BCUT2D eigenvalue weighted by Gasteiger charge is -2.03. The van der Waals surface area contributed by atoms with Crippen LogP contribution in [0.2, 0.25) is 0 Å². The summed E-state index contributed by atoms with van der Waals surface area (Å²) in [4.78, 5) is 36.6. The Kier molecular flexibility index (Phi) is 5.18. The molecule has 3 N–H and O–H groups in total. The van der Waals surface area contributed by atoms with E-state index in [1.165, 1.54) is 34.6 Å². The molecule has 3 aromatic heterocycles. The summed E-state index contributed by atoms with van der Waals surface area (Å²) < 4.78 is 14.6. The van der Waals surface area contributed by atoms with Crippen LogP contribution in [0.25, 0.3) is 0 Å². The zero-order valence-corrected chi connectivity index (χ0v) is 16.4. The molecule has 0 spiro atoms. The zero-order chi connectivity index (χ0) is 21.3. The number of amides is 1. The van der Waals surface area contributed by atoms with Crippen LogP contribution in [-0.2, 0) is 25.9 Å². The fraction of sp³-hybridized carbons (Fsp3) is 0.211. The van der Waals surface area contributed by atoms with Gasteiger partial charge in [0.1, 0.15) is 22.8 Å². The third kappa shape index (κ3) is 4.00. The molecule has 0 saturated carbocycles. The summed E-state index contributed by atoms with van der Waals surface area (Å²) in [5, 5.41) is 2.72. The van der Waals surface area contributed by atoms with Crippen LogP contribution in [0.3, 0.4) is 0 Å². The van der Waals surface area contributed by atoms with Crippen molar-refractivity contribution in [1.29, 1.82) is 0 Å². The topological polar surface area (TPSA) is 123 Å². The van der Waals surface area contributed by atoms with Crippen molar-refractivity contribution in [2.75, 3.05) is 18.2 Å². The number of esters is 2. The maximum absolute atomic E-state index is 12.5. The fourth-order valence-electron chi connectivity index (χ4n) is 2.90. The monoisotopic (exact) mass is 399 g/mol. The average molecular weight is 399 g/mol. The van der Waals surface area contributed by atoms with E-state index in [-0.39, 0.29) is 23.0 Å². The van der Waals surface area contributed by atoms with E-state index >= 15 is 0 Å². The van der Waals surface area contributed by atoms with Gasteiger partial charge in [-0.1, -0.05) is 0 Å². The van der Waals surface area contributed by atoms with Crippen molar-refractivity contribution in [3.8, 4) is 5.75 Å². The van der Waals surface area contributed by atoms with Gasteiger partial charge in [0.25, 0.3) is 5.91 Å². The molecule has 1 amide bonds. The van der Waals surface area contributed by atoms with E-state index in [1.807, 2.05) is 0 Å². The maximum atomic E-state index is 12.5. The largest absolute Gasteiger partial charge is 0.464 e. The van der Waals surface area contributed by atoms with Crippen LogP contribution >= 0.6 is 0 Å². The highest BCUT2D eigenvalue weighted by Gasteiger charge is 2.19. The van der Waals surface area contributed by atoms with Gasteiger partial charge in [-0.25, -0.2) is 9.59 Å². The van der Waals surface area contributed by atoms with E-state index in [4.69, 9.17) is 10.5 Å². The molecule has 0 unspecified atom stereocenters. The highest BCUT2D eigenvalue weighted by molar-refractivity contribution is 6.04. The molecular formula is C19H21N5O5. The molecule has 3 aromatic rings. The number of carbonyl (C=O) groups is 3. The Morgan fingerprint density at radius 1 is 0.862 bits per heavy atom. The van der Waals surface area contributed by atoms with E-state index in [1.54, 1.807) is 44.2 Å². The highest BCUT2D eigenvalue weighted by Crippen LogP contribution is 2.20. The average Bonchev–Trinajstić information content (AvgIpc) is 3.31. The summed E-state index contributed by atoms with van der Waals surface area (Å²) in [7, 11) is 6.26. The molecule has 3 heterocycles. The molecule has 29 heavy (non-hydrogen) atoms. The number of rotatable bonds is 5. The molecule has 0 bridgehead atoms. The number of nitrogens with one attached hydrogen (secondary N) is 1. The minimum atomic E-state index is -0.641. The first-order valence-electron chi connectivity index (χ1n) is 8.56. The van der Waals surface area contributed by atoms with Crippen molar-refractivity contribution in [1.82, 2.24) is 13.7 Å². The lowest BCUT2D eigenvalue weighted by molar-refractivity contribution is 0.0588. The number of nitrogen functional groups attached to an aromatic ring is 1. The van der Waals surface area contributed by atoms with Crippen molar-refractivity contribution in [2.24, 2.45) is 21.1 Å². The number of nitrogens with zero attached hydrogens (tertiary/aromatic N) is 3. The van der Waals surface area contributed by atoms with Crippen molar-refractivity contribution in [3.05, 3.63) is 53.9 Å². The lowest BCUT2D eigenvalue weighted by Crippen LogP contribution is -2.15. The molecule has 0 fully saturated rings. The summed E-state index contributed by atoms with van der Waals surface area (Å²) >= 11 is 0. The van der Waals surface area contributed by atoms with E-state index in [0.717, 1.165) is 0 Å². The first-order chi connectivity index (χ1) is 13.7. The number of anilines is 2. The number of ether oxygens (including phenoxy) is 2. The summed E-state index contributed by atoms with van der Waals surface area (Å²) in [5.74, 6) is -1.34. The normalized spacial score (nSPS) is 10.6. The Morgan fingerprint density at radius 2 is 1.48 bits per heavy atom. The van der Waals surface area contributed by atoms with Gasteiger partial charge in [0, 0.05) is 45.8 Å². The lowest BCUT2D eigenvalue weighted by atomic mass is 10.3. The third-order valence-corrected chi connectivity index (χ3v) is 4.32. The number of methoxy groups -OCH3 is 1. The van der Waals surface area contributed by atoms with Crippen LogP contribution in [0, 0.1) is 0 Å². The van der Waals surface area contributed by atoms with Gasteiger partial charge in [0.15, 0.2) is 0 Å². The number of hydrogen-bond acceptors (Lipinski definition) is 6. The second-order valence-corrected chi connectivity index (χ2v) is 6.50. The van der Waals surface area contributed by atoms with Crippen molar-refractivity contribution < 1.29 is 23.9 Å². The molecular weight excluding hydrogens is 378 g/mol. The Hall–Kier alpha value is -3.95. The van der Waals surface area contributed by atoms with Crippen LogP contribution < -0.4 is 15.8 Å². The molecule has 152 valence electrons. The quantitative estimate of drug-likeness (QED) is 0.628. The second kappa shape index (κ2) is 7.58. The van der Waals surface area contributed by atoms with Crippen LogP contribution in [0.1, 0.15) is 31.5 Å². The van der Waals surface area contributed by atoms with Crippen LogP contribution in [0.4, 0.5) is 11.4 Å². The molecule has 0 aliphatic carbocycles. The predicted octanol–water partition coefficient (Wildman–Crippen LogP) is 1.54. The minimum absolute atomic E-state index is 0.198. The van der Waals surface area contributed by atoms with Crippen molar-refractivity contribution in [2.45, 2.75) is 0 Å². The SMILES string of the molecule is COC(=O)c1cc(OC(=O)c2cc(NC(=O)c3cc(N)cn3C)cn2C)cn1C. The summed E-state index contributed by atoms with van der Waals surface area (Å²) in [6.07, 6.45) is 4.71. The first kappa shape index (κ1) is 19.8. The van der Waals surface area contributed by atoms with Crippen molar-refractivity contribution >= 4 is 29.2 Å². The smallest absolute Gasteiger partial charge is 0.360 e. The first-order valence-corrected chi connectivity index (χ1v) is 8.56. The molecule has 10 nitrogen and oxygen atoms in total. The Bertz CT molecular complexity index is 1100. The molecule has 0 aromatic carbocycles. The number of carbonyl (C=O) groups excluding carboxylic acids is 3. The second-order valence-electron chi connectivity index (χ2n) is 6.50. The predicted molar refractivity (Wildman–Crippen MR) is 105 cm³/mol. The van der Waals surface area contributed by atoms with Gasteiger partial charge >= 0.3 is 11.9 Å². The van der Waals surface area contributed by atoms with Gasteiger partial charge < -0.3 is 34.2 Å². The fourth-order valence-corrected chi connectivity index (χ4v) is 2.90. The minimum Gasteiger partial charge on any atom is -0.464 e. The van der Waals surface area contributed by atoms with Gasteiger partial charge in [-0.2, -0.15) is 0 Å². The zero-order valence-electron chi connectivity index (χ0n) is 16.4. The molecule has 0 radical (unpaired) electrons. The van der Waals surface area contributed by atoms with Crippen LogP contribution in [-0.4, -0.2) is 38.7 Å². The number of hydrogen-bond donors (Lipinski definition) is 2.